The SMILES string of the molecule is N=C(N)c1cc2cc(-c3cc(-c4nn[nH]n4)cc(-c4ccccc4)c3O)[nH]c2cc1F. The molecule has 31 heavy (non-hydrogen) atoms. The van der Waals surface area contributed by atoms with Gasteiger partial charge in [0.1, 0.15) is 17.4 Å². The van der Waals surface area contributed by atoms with Gasteiger partial charge in [-0.05, 0) is 41.1 Å². The minimum absolute atomic E-state index is 0.0211. The Morgan fingerprint density at radius 1 is 1.00 bits per heavy atom. The van der Waals surface area contributed by atoms with E-state index in [1.54, 1.807) is 18.2 Å². The van der Waals surface area contributed by atoms with Crippen LogP contribution in [0, 0.1) is 11.2 Å². The quantitative estimate of drug-likeness (QED) is 0.225. The molecule has 0 amide bonds. The van der Waals surface area contributed by atoms with Crippen LogP contribution in [0.15, 0.2) is 60.7 Å². The van der Waals surface area contributed by atoms with Gasteiger partial charge in [-0.3, -0.25) is 5.41 Å². The molecule has 0 aliphatic heterocycles. The highest BCUT2D eigenvalue weighted by Gasteiger charge is 2.18. The first-order valence-corrected chi connectivity index (χ1v) is 9.34. The van der Waals surface area contributed by atoms with Crippen molar-refractivity contribution in [2.24, 2.45) is 5.73 Å². The van der Waals surface area contributed by atoms with Crippen LogP contribution in [-0.2, 0) is 0 Å². The van der Waals surface area contributed by atoms with Crippen LogP contribution in [0.2, 0.25) is 0 Å². The van der Waals surface area contributed by atoms with Gasteiger partial charge in [-0.2, -0.15) is 5.21 Å². The standard InChI is InChI=1S/C22H16FN7O/c23-17-10-18-12(6-15(17)21(24)25)9-19(26-18)16-8-13(22-27-29-30-28-22)7-14(20(16)31)11-4-2-1-3-5-11/h1-10,26,31H,(H3,24,25)(H,27,28,29,30). The lowest BCUT2D eigenvalue weighted by Gasteiger charge is -2.11. The van der Waals surface area contributed by atoms with Crippen LogP contribution >= 0.6 is 0 Å². The van der Waals surface area contributed by atoms with Crippen LogP contribution in [0.3, 0.4) is 0 Å². The zero-order valence-corrected chi connectivity index (χ0v) is 16.0. The van der Waals surface area contributed by atoms with Crippen LogP contribution in [0.5, 0.6) is 5.75 Å². The van der Waals surface area contributed by atoms with Crippen LogP contribution < -0.4 is 5.73 Å². The van der Waals surface area contributed by atoms with Crippen molar-refractivity contribution in [2.45, 2.75) is 0 Å². The highest BCUT2D eigenvalue weighted by Crippen LogP contribution is 2.41. The fourth-order valence-corrected chi connectivity index (χ4v) is 3.60. The average Bonchev–Trinajstić information content (AvgIpc) is 3.43. The number of hydrogen-bond acceptors (Lipinski definition) is 5. The summed E-state index contributed by atoms with van der Waals surface area (Å²) in [6.07, 6.45) is 0. The molecule has 5 rings (SSSR count). The second-order valence-corrected chi connectivity index (χ2v) is 7.04. The van der Waals surface area contributed by atoms with Gasteiger partial charge in [0.05, 0.1) is 11.3 Å². The molecule has 8 nitrogen and oxygen atoms in total. The molecule has 9 heteroatoms. The summed E-state index contributed by atoms with van der Waals surface area (Å²) in [5, 5.41) is 33.5. The number of H-pyrrole nitrogens is 2. The number of aromatic nitrogens is 5. The Labute approximate surface area is 175 Å². The monoisotopic (exact) mass is 413 g/mol. The molecule has 3 aromatic carbocycles. The van der Waals surface area contributed by atoms with Gasteiger partial charge >= 0.3 is 0 Å². The summed E-state index contributed by atoms with van der Waals surface area (Å²) in [6, 6.07) is 17.5. The molecule has 0 saturated heterocycles. The molecule has 6 N–H and O–H groups in total. The third-order valence-corrected chi connectivity index (χ3v) is 5.09. The number of aromatic hydroxyl groups is 1. The molecule has 0 bridgehead atoms. The van der Waals surface area contributed by atoms with Crippen molar-refractivity contribution in [2.75, 3.05) is 0 Å². The zero-order valence-electron chi connectivity index (χ0n) is 16.0. The van der Waals surface area contributed by atoms with Gasteiger partial charge in [-0.1, -0.05) is 30.3 Å². The normalized spacial score (nSPS) is 11.1. The Kier molecular flexibility index (Phi) is 4.21. The lowest BCUT2D eigenvalue weighted by atomic mass is 9.96. The molecule has 0 saturated carbocycles. The summed E-state index contributed by atoms with van der Waals surface area (Å²) >= 11 is 0. The topological polar surface area (TPSA) is 140 Å². The Morgan fingerprint density at radius 2 is 1.77 bits per heavy atom. The summed E-state index contributed by atoms with van der Waals surface area (Å²) in [5.74, 6) is -0.518. The van der Waals surface area contributed by atoms with Crippen molar-refractivity contribution >= 4 is 16.7 Å². The predicted molar refractivity (Wildman–Crippen MR) is 115 cm³/mol. The maximum atomic E-state index is 14.3. The molecule has 0 radical (unpaired) electrons. The average molecular weight is 413 g/mol. The van der Waals surface area contributed by atoms with Crippen LogP contribution in [0.1, 0.15) is 5.56 Å². The van der Waals surface area contributed by atoms with E-state index in [4.69, 9.17) is 11.1 Å². The molecule has 0 spiro atoms. The van der Waals surface area contributed by atoms with E-state index in [-0.39, 0.29) is 17.1 Å². The summed E-state index contributed by atoms with van der Waals surface area (Å²) in [7, 11) is 0. The van der Waals surface area contributed by atoms with Gasteiger partial charge in [0, 0.05) is 27.6 Å². The molecule has 0 unspecified atom stereocenters. The molecule has 0 aliphatic rings. The smallest absolute Gasteiger partial charge is 0.204 e. The Bertz CT molecular complexity index is 1430. The van der Waals surface area contributed by atoms with Crippen LogP contribution in [0.4, 0.5) is 4.39 Å². The van der Waals surface area contributed by atoms with Crippen molar-refractivity contribution in [1.82, 2.24) is 25.6 Å². The largest absolute Gasteiger partial charge is 0.507 e. The third kappa shape index (κ3) is 3.18. The lowest BCUT2D eigenvalue weighted by Crippen LogP contribution is -2.12. The van der Waals surface area contributed by atoms with Gasteiger partial charge < -0.3 is 15.8 Å². The van der Waals surface area contributed by atoms with E-state index in [1.807, 2.05) is 30.3 Å². The van der Waals surface area contributed by atoms with Gasteiger partial charge in [-0.25, -0.2) is 4.39 Å². The maximum absolute atomic E-state index is 14.3. The number of amidine groups is 1. The number of fused-ring (bicyclic) bond motifs is 1. The number of benzene rings is 3. The van der Waals surface area contributed by atoms with Crippen molar-refractivity contribution in [3.8, 4) is 39.5 Å². The second-order valence-electron chi connectivity index (χ2n) is 7.04. The molecule has 2 aromatic heterocycles. The number of phenols is 1. The number of phenolic OH excluding ortho intramolecular Hbond substituents is 1. The van der Waals surface area contributed by atoms with E-state index in [2.05, 4.69) is 25.6 Å². The number of nitrogens with two attached hydrogens (primary N) is 1. The summed E-state index contributed by atoms with van der Waals surface area (Å²) in [5.41, 5.74) is 9.12. The molecule has 2 heterocycles. The number of nitrogens with one attached hydrogen (secondary N) is 3. The van der Waals surface area contributed by atoms with E-state index in [9.17, 15) is 9.50 Å². The van der Waals surface area contributed by atoms with Gasteiger partial charge in [0.25, 0.3) is 0 Å². The van der Waals surface area contributed by atoms with Gasteiger partial charge in [0.2, 0.25) is 5.82 Å². The highest BCUT2D eigenvalue weighted by atomic mass is 19.1. The number of tetrazole rings is 1. The first-order valence-electron chi connectivity index (χ1n) is 9.34. The number of hydrogen-bond donors (Lipinski definition) is 5. The van der Waals surface area contributed by atoms with Crippen molar-refractivity contribution in [3.05, 3.63) is 72.0 Å². The van der Waals surface area contributed by atoms with Crippen LogP contribution in [0.25, 0.3) is 44.7 Å². The van der Waals surface area contributed by atoms with Gasteiger partial charge in [0.15, 0.2) is 0 Å². The first kappa shape index (κ1) is 18.5. The number of halogens is 1. The number of aromatic amines is 2. The van der Waals surface area contributed by atoms with E-state index in [0.29, 0.717) is 39.1 Å². The van der Waals surface area contributed by atoms with E-state index in [1.165, 1.54) is 12.1 Å². The minimum atomic E-state index is -0.594. The van der Waals surface area contributed by atoms with E-state index >= 15 is 0 Å². The molecule has 0 aliphatic carbocycles. The molecule has 152 valence electrons. The molecular weight excluding hydrogens is 397 g/mol. The lowest BCUT2D eigenvalue weighted by molar-refractivity contribution is 0.479. The van der Waals surface area contributed by atoms with Gasteiger partial charge in [-0.15, -0.1) is 10.2 Å². The molecule has 5 aromatic rings. The third-order valence-electron chi connectivity index (χ3n) is 5.09. The highest BCUT2D eigenvalue weighted by molar-refractivity contribution is 6.00. The molecular formula is C22H16FN7O. The molecule has 0 fully saturated rings. The molecule has 0 atom stereocenters. The number of nitrogens with zero attached hydrogens (tertiary/aromatic N) is 3. The summed E-state index contributed by atoms with van der Waals surface area (Å²) in [4.78, 5) is 3.14. The minimum Gasteiger partial charge on any atom is -0.507 e. The van der Waals surface area contributed by atoms with Crippen molar-refractivity contribution in [3.63, 3.8) is 0 Å². The Balaban J connectivity index is 1.75. The predicted octanol–water partition coefficient (Wildman–Crippen LogP) is 3.81. The van der Waals surface area contributed by atoms with E-state index < -0.39 is 5.82 Å². The maximum Gasteiger partial charge on any atom is 0.204 e. The fraction of sp³-hybridized carbons (Fsp3) is 0. The first-order chi connectivity index (χ1) is 15.0. The summed E-state index contributed by atoms with van der Waals surface area (Å²) in [6.45, 7) is 0. The fourth-order valence-electron chi connectivity index (χ4n) is 3.60. The summed E-state index contributed by atoms with van der Waals surface area (Å²) < 4.78 is 14.3. The number of nitrogen functional groups attached to an aromatic ring is 1. The van der Waals surface area contributed by atoms with E-state index in [0.717, 1.165) is 5.56 Å². The Morgan fingerprint density at radius 3 is 2.48 bits per heavy atom. The Hall–Kier alpha value is -4.53. The number of rotatable bonds is 4. The van der Waals surface area contributed by atoms with Crippen molar-refractivity contribution in [1.29, 1.82) is 5.41 Å². The van der Waals surface area contributed by atoms with Crippen LogP contribution in [-0.4, -0.2) is 36.6 Å². The second kappa shape index (κ2) is 7.06. The zero-order chi connectivity index (χ0) is 21.5. The van der Waals surface area contributed by atoms with Crippen molar-refractivity contribution < 1.29 is 9.50 Å².